The van der Waals surface area contributed by atoms with Gasteiger partial charge in [-0.15, -0.1) is 11.3 Å². The van der Waals surface area contributed by atoms with Gasteiger partial charge in [0.05, 0.1) is 11.4 Å². The zero-order chi connectivity index (χ0) is 43.9. The number of thiophene rings is 1. The molecule has 1 aliphatic rings. The molecule has 1 atom stereocenters. The molecule has 0 fully saturated rings. The number of rotatable bonds is 7. The second kappa shape index (κ2) is 15.4. The van der Waals surface area contributed by atoms with Crippen molar-refractivity contribution in [1.29, 1.82) is 0 Å². The maximum atomic E-state index is 6.64. The van der Waals surface area contributed by atoms with Gasteiger partial charge in [0.25, 0.3) is 0 Å². The zero-order valence-electron chi connectivity index (χ0n) is 37.3. The predicted octanol–water partition coefficient (Wildman–Crippen LogP) is 18.2. The normalized spacial score (nSPS) is 13.6. The largest absolute Gasteiger partial charge is 0.454 e. The van der Waals surface area contributed by atoms with E-state index in [4.69, 9.17) is 4.42 Å². The summed E-state index contributed by atoms with van der Waals surface area (Å²) in [7, 11) is 0. The highest BCUT2D eigenvalue weighted by Gasteiger charge is 2.26. The van der Waals surface area contributed by atoms with Crippen molar-refractivity contribution >= 4 is 104 Å². The molecule has 3 nitrogen and oxygen atoms in total. The van der Waals surface area contributed by atoms with E-state index in [2.05, 4.69) is 220 Å². The van der Waals surface area contributed by atoms with Crippen LogP contribution in [0.1, 0.15) is 40.3 Å². The Morgan fingerprint density at radius 1 is 0.523 bits per heavy atom. The van der Waals surface area contributed by atoms with Crippen LogP contribution in [0.4, 0.5) is 34.1 Å². The number of hydrogen-bond donors (Lipinski definition) is 0. The summed E-state index contributed by atoms with van der Waals surface area (Å²) in [5.74, 6) is 0.456. The Morgan fingerprint density at radius 3 is 1.83 bits per heavy atom. The van der Waals surface area contributed by atoms with Crippen LogP contribution in [0.2, 0.25) is 0 Å². The molecule has 11 aromatic rings. The maximum absolute atomic E-state index is 6.64. The van der Waals surface area contributed by atoms with E-state index in [1.54, 1.807) is 0 Å². The number of para-hydroxylation sites is 5. The summed E-state index contributed by atoms with van der Waals surface area (Å²) in [5, 5.41) is 7.62. The van der Waals surface area contributed by atoms with E-state index in [9.17, 15) is 0 Å². The zero-order valence-corrected chi connectivity index (χ0v) is 38.1. The Kier molecular flexibility index (Phi) is 9.29. The molecule has 0 spiro atoms. The summed E-state index contributed by atoms with van der Waals surface area (Å²) in [6, 6.07) is 61.5. The molecular formula is C61H48N2OS. The predicted molar refractivity (Wildman–Crippen MR) is 280 cm³/mol. The van der Waals surface area contributed by atoms with Crippen molar-refractivity contribution in [2.75, 3.05) is 9.80 Å². The molecule has 4 heteroatoms. The third-order valence-electron chi connectivity index (χ3n) is 14.0. The lowest BCUT2D eigenvalue weighted by Crippen LogP contribution is -2.15. The van der Waals surface area contributed by atoms with Gasteiger partial charge in [-0.1, -0.05) is 122 Å². The Morgan fingerprint density at radius 2 is 1.14 bits per heavy atom. The average Bonchev–Trinajstić information content (AvgIpc) is 3.93. The second-order valence-corrected chi connectivity index (χ2v) is 18.9. The summed E-state index contributed by atoms with van der Waals surface area (Å²) in [6.45, 7) is 11.6. The minimum Gasteiger partial charge on any atom is -0.454 e. The van der Waals surface area contributed by atoms with Crippen LogP contribution in [0.25, 0.3) is 70.1 Å². The summed E-state index contributed by atoms with van der Waals surface area (Å²) >= 11 is 1.93. The first kappa shape index (κ1) is 39.2. The Hall–Kier alpha value is -7.40. The van der Waals surface area contributed by atoms with Crippen LogP contribution in [0, 0.1) is 33.6 Å². The standard InChI is InChI=1S/C61H48N2OS/c1-37-28-31-47-52-35-42(57-38(2)40(4)59(41(5)39(57)3)63(44-20-11-7-12-21-44)45-22-13-8-14-23-45)29-32-50(52)61-58(53(47)34-37)51-33-30-46(36-56(51)65-61)62(43-18-9-6-10-19-43)54-26-17-25-49-48-24-15-16-27-55(48)64-60(49)54/h6-33,35-37H,34H2,1-5H3. The molecule has 0 saturated carbocycles. The summed E-state index contributed by atoms with van der Waals surface area (Å²) in [4.78, 5) is 4.79. The molecule has 9 aromatic carbocycles. The molecular weight excluding hydrogens is 809 g/mol. The van der Waals surface area contributed by atoms with E-state index in [-0.39, 0.29) is 0 Å². The van der Waals surface area contributed by atoms with E-state index >= 15 is 0 Å². The molecule has 0 radical (unpaired) electrons. The first-order chi connectivity index (χ1) is 31.8. The minimum atomic E-state index is 0.456. The van der Waals surface area contributed by atoms with Crippen LogP contribution in [-0.4, -0.2) is 0 Å². The van der Waals surface area contributed by atoms with Gasteiger partial charge >= 0.3 is 0 Å². The summed E-state index contributed by atoms with van der Waals surface area (Å²) in [6.07, 6.45) is 5.83. The number of furan rings is 1. The third kappa shape index (κ3) is 6.23. The maximum Gasteiger partial charge on any atom is 0.159 e. The van der Waals surface area contributed by atoms with Crippen molar-refractivity contribution in [3.05, 3.63) is 209 Å². The number of benzene rings is 9. The van der Waals surface area contributed by atoms with Crippen LogP contribution >= 0.6 is 11.3 Å². The average molecular weight is 857 g/mol. The monoisotopic (exact) mass is 856 g/mol. The molecule has 12 rings (SSSR count). The number of nitrogens with zero attached hydrogens (tertiary/aromatic N) is 2. The Bertz CT molecular complexity index is 3620. The van der Waals surface area contributed by atoms with E-state index in [0.29, 0.717) is 5.92 Å². The lowest BCUT2D eigenvalue weighted by atomic mass is 9.82. The molecule has 1 aliphatic carbocycles. The Labute approximate surface area is 384 Å². The number of allylic oxidation sites excluding steroid dienone is 1. The fraction of sp³-hybridized carbons (Fsp3) is 0.115. The van der Waals surface area contributed by atoms with Crippen molar-refractivity contribution in [3.63, 3.8) is 0 Å². The van der Waals surface area contributed by atoms with Gasteiger partial charge in [-0.3, -0.25) is 0 Å². The molecule has 314 valence electrons. The van der Waals surface area contributed by atoms with Crippen molar-refractivity contribution in [2.45, 2.75) is 41.0 Å². The van der Waals surface area contributed by atoms with Gasteiger partial charge in [0, 0.05) is 59.1 Å². The first-order valence-electron chi connectivity index (χ1n) is 22.7. The number of hydrogen-bond acceptors (Lipinski definition) is 4. The van der Waals surface area contributed by atoms with Crippen molar-refractivity contribution < 1.29 is 4.42 Å². The third-order valence-corrected chi connectivity index (χ3v) is 15.2. The van der Waals surface area contributed by atoms with Crippen LogP contribution < -0.4 is 9.80 Å². The van der Waals surface area contributed by atoms with Gasteiger partial charge in [-0.2, -0.15) is 0 Å². The van der Waals surface area contributed by atoms with Gasteiger partial charge in [0.1, 0.15) is 5.58 Å². The van der Waals surface area contributed by atoms with Crippen molar-refractivity contribution in [1.82, 2.24) is 0 Å². The van der Waals surface area contributed by atoms with Gasteiger partial charge < -0.3 is 14.2 Å². The SMILES string of the molecule is Cc1c(C)c(N(c2ccccc2)c2ccccc2)c(C)c(C)c1-c1ccc2c(c1)c1c(c3c4ccc(N(c5ccccc5)c5cccc6c5oc5ccccc56)cc4sc23)CC(C)C=C1. The van der Waals surface area contributed by atoms with Gasteiger partial charge in [-0.25, -0.2) is 0 Å². The van der Waals surface area contributed by atoms with Crippen molar-refractivity contribution in [3.8, 4) is 11.1 Å². The smallest absolute Gasteiger partial charge is 0.159 e. The molecule has 0 N–H and O–H groups in total. The van der Waals surface area contributed by atoms with E-state index in [0.717, 1.165) is 56.8 Å². The van der Waals surface area contributed by atoms with Gasteiger partial charge in [-0.05, 0) is 157 Å². The van der Waals surface area contributed by atoms with E-state index in [1.165, 1.54) is 81.1 Å². The fourth-order valence-electron chi connectivity index (χ4n) is 10.7. The molecule has 65 heavy (non-hydrogen) atoms. The van der Waals surface area contributed by atoms with Crippen LogP contribution in [0.3, 0.4) is 0 Å². The number of anilines is 6. The summed E-state index contributed by atoms with van der Waals surface area (Å²) in [5.41, 5.74) is 19.2. The van der Waals surface area contributed by atoms with Crippen LogP contribution in [0.5, 0.6) is 0 Å². The molecule has 0 aliphatic heterocycles. The molecule has 1 unspecified atom stereocenters. The molecule has 0 amide bonds. The molecule has 0 bridgehead atoms. The quantitative estimate of drug-likeness (QED) is 0.159. The van der Waals surface area contributed by atoms with Crippen LogP contribution in [0.15, 0.2) is 180 Å². The minimum absolute atomic E-state index is 0.456. The highest BCUT2D eigenvalue weighted by Crippen LogP contribution is 2.50. The van der Waals surface area contributed by atoms with E-state index < -0.39 is 0 Å². The van der Waals surface area contributed by atoms with Crippen molar-refractivity contribution in [2.24, 2.45) is 5.92 Å². The van der Waals surface area contributed by atoms with Gasteiger partial charge in [0.15, 0.2) is 5.58 Å². The van der Waals surface area contributed by atoms with Crippen LogP contribution in [-0.2, 0) is 6.42 Å². The first-order valence-corrected chi connectivity index (χ1v) is 23.5. The topological polar surface area (TPSA) is 19.6 Å². The molecule has 0 saturated heterocycles. The number of fused-ring (bicyclic) bond motifs is 11. The molecule has 2 aromatic heterocycles. The lowest BCUT2D eigenvalue weighted by molar-refractivity contribution is 0.669. The lowest BCUT2D eigenvalue weighted by Gasteiger charge is -2.31. The highest BCUT2D eigenvalue weighted by atomic mass is 32.1. The highest BCUT2D eigenvalue weighted by molar-refractivity contribution is 7.26. The Balaban J connectivity index is 1.04. The van der Waals surface area contributed by atoms with E-state index in [1.807, 2.05) is 17.4 Å². The molecule has 2 heterocycles. The summed E-state index contributed by atoms with van der Waals surface area (Å²) < 4.78 is 9.29. The van der Waals surface area contributed by atoms with Gasteiger partial charge in [0.2, 0.25) is 0 Å². The fourth-order valence-corrected chi connectivity index (χ4v) is 12.0. The second-order valence-electron chi connectivity index (χ2n) is 17.8.